The minimum absolute atomic E-state index is 0.00288. The van der Waals surface area contributed by atoms with Gasteiger partial charge in [0.1, 0.15) is 6.61 Å². The van der Waals surface area contributed by atoms with Gasteiger partial charge in [0, 0.05) is 0 Å². The van der Waals surface area contributed by atoms with E-state index in [9.17, 15) is 4.79 Å². The highest BCUT2D eigenvalue weighted by atomic mass is 16.6. The molecule has 6 nitrogen and oxygen atoms in total. The van der Waals surface area contributed by atoms with Crippen molar-refractivity contribution in [1.82, 2.24) is 0 Å². The number of ether oxygens (including phenoxy) is 4. The van der Waals surface area contributed by atoms with Crippen LogP contribution in [-0.4, -0.2) is 57.3 Å². The molecule has 0 aromatic rings. The number of hydrogen-bond donors (Lipinski definition) is 1. The molecular weight excluding hydrogens is 312 g/mol. The third-order valence-electron chi connectivity index (χ3n) is 3.53. The number of aliphatic hydroxyl groups is 1. The molecule has 0 aliphatic carbocycles. The fraction of sp³-hybridized carbons (Fsp3) is 0.833. The molecule has 6 heteroatoms. The first kappa shape index (κ1) is 22.9. The minimum atomic E-state index is -0.392. The Kier molecular flexibility index (Phi) is 16.0. The number of unbranched alkanes of at least 4 members (excludes halogenated alkanes) is 1. The number of rotatable bonds is 16. The average molecular weight is 346 g/mol. The summed E-state index contributed by atoms with van der Waals surface area (Å²) in [5.41, 5.74) is 0.451. The maximum atomic E-state index is 11.8. The molecule has 0 amide bonds. The fourth-order valence-electron chi connectivity index (χ4n) is 1.95. The third-order valence-corrected chi connectivity index (χ3v) is 3.53. The van der Waals surface area contributed by atoms with Crippen molar-refractivity contribution < 1.29 is 28.8 Å². The number of esters is 1. The van der Waals surface area contributed by atoms with Crippen molar-refractivity contribution in [3.63, 3.8) is 0 Å². The standard InChI is InChI=1S/C18H34O6/c1-4-6-7-17(5-2)15-23-14-16(3)18(20)24-13-12-22-11-10-21-9-8-19/h14,17,19H,4-13,15H2,1-3H3. The molecule has 0 rings (SSSR count). The van der Waals surface area contributed by atoms with E-state index >= 15 is 0 Å². The van der Waals surface area contributed by atoms with Crippen LogP contribution in [-0.2, 0) is 23.7 Å². The Balaban J connectivity index is 3.73. The Morgan fingerprint density at radius 1 is 1.08 bits per heavy atom. The van der Waals surface area contributed by atoms with Gasteiger partial charge in [0.25, 0.3) is 0 Å². The van der Waals surface area contributed by atoms with Crippen molar-refractivity contribution in [2.24, 2.45) is 5.92 Å². The predicted octanol–water partition coefficient (Wildman–Crippen LogP) is 2.69. The Morgan fingerprint density at radius 3 is 2.38 bits per heavy atom. The van der Waals surface area contributed by atoms with Crippen LogP contribution in [0, 0.1) is 5.92 Å². The van der Waals surface area contributed by atoms with Crippen molar-refractivity contribution >= 4 is 5.97 Å². The summed E-state index contributed by atoms with van der Waals surface area (Å²) >= 11 is 0. The average Bonchev–Trinajstić information content (AvgIpc) is 2.59. The van der Waals surface area contributed by atoms with Gasteiger partial charge in [-0.15, -0.1) is 0 Å². The second-order valence-corrected chi connectivity index (χ2v) is 5.63. The van der Waals surface area contributed by atoms with Crippen molar-refractivity contribution in [2.45, 2.75) is 46.5 Å². The molecule has 0 fully saturated rings. The molecule has 1 unspecified atom stereocenters. The number of hydrogen-bond acceptors (Lipinski definition) is 6. The van der Waals surface area contributed by atoms with Crippen LogP contribution in [0.3, 0.4) is 0 Å². The first-order valence-corrected chi connectivity index (χ1v) is 8.87. The molecule has 0 aliphatic heterocycles. The molecule has 0 saturated carbocycles. The summed E-state index contributed by atoms with van der Waals surface area (Å²) in [6, 6.07) is 0. The van der Waals surface area contributed by atoms with E-state index in [1.54, 1.807) is 6.92 Å². The van der Waals surface area contributed by atoms with E-state index in [0.29, 0.717) is 44.5 Å². The van der Waals surface area contributed by atoms with Crippen molar-refractivity contribution in [2.75, 3.05) is 46.2 Å². The van der Waals surface area contributed by atoms with Gasteiger partial charge in [0.2, 0.25) is 0 Å². The zero-order valence-electron chi connectivity index (χ0n) is 15.4. The molecule has 0 spiro atoms. The molecule has 0 aromatic carbocycles. The molecule has 0 aliphatic rings. The lowest BCUT2D eigenvalue weighted by atomic mass is 10.0. The van der Waals surface area contributed by atoms with Gasteiger partial charge in [0.15, 0.2) is 0 Å². The summed E-state index contributed by atoms with van der Waals surface area (Å²) in [6.07, 6.45) is 6.12. The molecule has 142 valence electrons. The zero-order valence-corrected chi connectivity index (χ0v) is 15.4. The van der Waals surface area contributed by atoms with Gasteiger partial charge in [-0.25, -0.2) is 4.79 Å². The van der Waals surface area contributed by atoms with Gasteiger partial charge < -0.3 is 24.1 Å². The number of carbonyl (C=O) groups excluding carboxylic acids is 1. The van der Waals surface area contributed by atoms with Gasteiger partial charge in [-0.05, 0) is 19.3 Å². The van der Waals surface area contributed by atoms with E-state index in [0.717, 1.165) is 12.8 Å². The molecule has 0 saturated heterocycles. The van der Waals surface area contributed by atoms with Crippen LogP contribution in [0.25, 0.3) is 0 Å². The fourth-order valence-corrected chi connectivity index (χ4v) is 1.95. The maximum Gasteiger partial charge on any atom is 0.336 e. The van der Waals surface area contributed by atoms with E-state index in [-0.39, 0.29) is 13.2 Å². The van der Waals surface area contributed by atoms with Gasteiger partial charge in [-0.1, -0.05) is 33.1 Å². The van der Waals surface area contributed by atoms with Crippen LogP contribution in [0.4, 0.5) is 0 Å². The summed E-state index contributed by atoms with van der Waals surface area (Å²) < 4.78 is 20.9. The zero-order chi connectivity index (χ0) is 18.0. The molecular formula is C18H34O6. The molecule has 0 aromatic heterocycles. The molecule has 0 bridgehead atoms. The van der Waals surface area contributed by atoms with Gasteiger partial charge in [0.05, 0.1) is 51.5 Å². The van der Waals surface area contributed by atoms with Crippen molar-refractivity contribution in [3.05, 3.63) is 11.8 Å². The summed E-state index contributed by atoms with van der Waals surface area (Å²) in [7, 11) is 0. The lowest BCUT2D eigenvalue weighted by Crippen LogP contribution is -2.14. The second-order valence-electron chi connectivity index (χ2n) is 5.63. The summed E-state index contributed by atoms with van der Waals surface area (Å²) in [5, 5.41) is 8.53. The SMILES string of the molecule is CCCCC(CC)COC=C(C)C(=O)OCCOCCOCCO. The lowest BCUT2D eigenvalue weighted by Gasteiger charge is -2.13. The smallest absolute Gasteiger partial charge is 0.336 e. The van der Waals surface area contributed by atoms with Gasteiger partial charge in [-0.3, -0.25) is 0 Å². The van der Waals surface area contributed by atoms with Crippen molar-refractivity contribution in [3.8, 4) is 0 Å². The van der Waals surface area contributed by atoms with Crippen LogP contribution >= 0.6 is 0 Å². The first-order chi connectivity index (χ1) is 11.7. The van der Waals surface area contributed by atoms with Gasteiger partial charge in [-0.2, -0.15) is 0 Å². The van der Waals surface area contributed by atoms with Crippen LogP contribution in [0.1, 0.15) is 46.5 Å². The molecule has 0 heterocycles. The Bertz CT molecular complexity index is 329. The Morgan fingerprint density at radius 2 is 1.75 bits per heavy atom. The number of carbonyl (C=O) groups is 1. The Hall–Kier alpha value is -1.11. The summed E-state index contributed by atoms with van der Waals surface area (Å²) in [5.74, 6) is 0.142. The molecule has 24 heavy (non-hydrogen) atoms. The van der Waals surface area contributed by atoms with Crippen LogP contribution in [0.2, 0.25) is 0 Å². The van der Waals surface area contributed by atoms with Crippen LogP contribution in [0.15, 0.2) is 11.8 Å². The third kappa shape index (κ3) is 13.3. The summed E-state index contributed by atoms with van der Waals surface area (Å²) in [4.78, 5) is 11.8. The van der Waals surface area contributed by atoms with Crippen LogP contribution in [0.5, 0.6) is 0 Å². The van der Waals surface area contributed by atoms with Crippen molar-refractivity contribution in [1.29, 1.82) is 0 Å². The van der Waals surface area contributed by atoms with E-state index in [1.165, 1.54) is 19.1 Å². The van der Waals surface area contributed by atoms with E-state index in [4.69, 9.17) is 24.1 Å². The van der Waals surface area contributed by atoms with Gasteiger partial charge >= 0.3 is 5.97 Å². The highest BCUT2D eigenvalue weighted by molar-refractivity contribution is 5.87. The monoisotopic (exact) mass is 346 g/mol. The Labute approximate surface area is 146 Å². The first-order valence-electron chi connectivity index (χ1n) is 8.87. The normalized spacial score (nSPS) is 12.9. The second kappa shape index (κ2) is 16.7. The lowest BCUT2D eigenvalue weighted by molar-refractivity contribution is -0.140. The van der Waals surface area contributed by atoms with E-state index < -0.39 is 5.97 Å². The highest BCUT2D eigenvalue weighted by Crippen LogP contribution is 2.13. The largest absolute Gasteiger partial charge is 0.500 e. The molecule has 1 atom stereocenters. The minimum Gasteiger partial charge on any atom is -0.500 e. The van der Waals surface area contributed by atoms with E-state index in [1.807, 2.05) is 0 Å². The van der Waals surface area contributed by atoms with E-state index in [2.05, 4.69) is 13.8 Å². The van der Waals surface area contributed by atoms with Crippen LogP contribution < -0.4 is 0 Å². The maximum absolute atomic E-state index is 11.8. The molecule has 0 radical (unpaired) electrons. The molecule has 1 N–H and O–H groups in total. The summed E-state index contributed by atoms with van der Waals surface area (Å²) in [6.45, 7) is 8.29. The quantitative estimate of drug-likeness (QED) is 0.200. The number of aliphatic hydroxyl groups excluding tert-OH is 1. The highest BCUT2D eigenvalue weighted by Gasteiger charge is 2.08. The topological polar surface area (TPSA) is 74.2 Å². The predicted molar refractivity (Wildman–Crippen MR) is 92.7 cm³/mol.